The van der Waals surface area contributed by atoms with Crippen LogP contribution in [0.1, 0.15) is 11.1 Å². The summed E-state index contributed by atoms with van der Waals surface area (Å²) in [7, 11) is 0. The summed E-state index contributed by atoms with van der Waals surface area (Å²) in [5.74, 6) is 0.701. The minimum atomic E-state index is 0.701. The molecule has 0 amide bonds. The molecule has 0 unspecified atom stereocenters. The van der Waals surface area contributed by atoms with Crippen molar-refractivity contribution >= 4 is 0 Å². The monoisotopic (exact) mass is 327 g/mol. The fraction of sp³-hybridized carbons (Fsp3) is 0.0952. The number of para-hydroxylation sites is 2. The molecule has 0 radical (unpaired) electrons. The SMILES string of the molecule is Cc1cccc(C)c1-[n+]1nc(-c2ccccc2)nn1-c1ccccc1. The lowest BCUT2D eigenvalue weighted by molar-refractivity contribution is -0.735. The van der Waals surface area contributed by atoms with E-state index in [1.165, 1.54) is 0 Å². The van der Waals surface area contributed by atoms with Gasteiger partial charge in [-0.25, -0.2) is 0 Å². The molecule has 1 heterocycles. The Labute approximate surface area is 147 Å². The molecule has 0 saturated carbocycles. The standard InChI is InChI=1S/C21H19N4/c1-16-10-9-11-17(2)20(16)25-23-21(18-12-5-3-6-13-18)22-24(25)19-14-7-4-8-15-19/h3-15H,1-2H3/q+1. The highest BCUT2D eigenvalue weighted by molar-refractivity contribution is 5.53. The van der Waals surface area contributed by atoms with Crippen molar-refractivity contribution in [2.45, 2.75) is 13.8 Å². The first-order chi connectivity index (χ1) is 12.2. The first-order valence-corrected chi connectivity index (χ1v) is 8.31. The normalized spacial score (nSPS) is 10.8. The number of aryl methyl sites for hydroxylation is 2. The number of rotatable bonds is 3. The van der Waals surface area contributed by atoms with Gasteiger partial charge < -0.3 is 0 Å². The van der Waals surface area contributed by atoms with Crippen molar-refractivity contribution in [3.05, 3.63) is 90.0 Å². The number of hydrogen-bond donors (Lipinski definition) is 0. The van der Waals surface area contributed by atoms with E-state index in [-0.39, 0.29) is 0 Å². The molecule has 0 aliphatic carbocycles. The Hall–Kier alpha value is -3.27. The number of tetrazole rings is 1. The summed E-state index contributed by atoms with van der Waals surface area (Å²) < 4.78 is 0. The van der Waals surface area contributed by atoms with E-state index >= 15 is 0 Å². The van der Waals surface area contributed by atoms with Gasteiger partial charge in [0.25, 0.3) is 0 Å². The molecule has 0 fully saturated rings. The zero-order valence-electron chi connectivity index (χ0n) is 14.3. The predicted molar refractivity (Wildman–Crippen MR) is 97.8 cm³/mol. The van der Waals surface area contributed by atoms with Crippen molar-refractivity contribution in [2.75, 3.05) is 0 Å². The van der Waals surface area contributed by atoms with Crippen molar-refractivity contribution in [3.63, 3.8) is 0 Å². The summed E-state index contributed by atoms with van der Waals surface area (Å²) in [5.41, 5.74) is 5.35. The van der Waals surface area contributed by atoms with Crippen LogP contribution in [0, 0.1) is 13.8 Å². The summed E-state index contributed by atoms with van der Waals surface area (Å²) in [4.78, 5) is 3.75. The Bertz CT molecular complexity index is 985. The molecule has 122 valence electrons. The van der Waals surface area contributed by atoms with Gasteiger partial charge in [0, 0.05) is 15.9 Å². The topological polar surface area (TPSA) is 34.6 Å². The van der Waals surface area contributed by atoms with Crippen LogP contribution in [0.15, 0.2) is 78.9 Å². The number of aromatic nitrogens is 4. The van der Waals surface area contributed by atoms with Crippen LogP contribution in [0.5, 0.6) is 0 Å². The van der Waals surface area contributed by atoms with Gasteiger partial charge >= 0.3 is 5.82 Å². The Morgan fingerprint density at radius 1 is 0.720 bits per heavy atom. The van der Waals surface area contributed by atoms with Gasteiger partial charge in [0.2, 0.25) is 0 Å². The fourth-order valence-electron chi connectivity index (χ4n) is 2.98. The third-order valence-corrected chi connectivity index (χ3v) is 4.22. The van der Waals surface area contributed by atoms with Gasteiger partial charge in [-0.3, -0.25) is 0 Å². The molecule has 0 aliphatic rings. The second-order valence-electron chi connectivity index (χ2n) is 6.04. The highest BCUT2D eigenvalue weighted by atomic mass is 15.7. The average molecular weight is 327 g/mol. The summed E-state index contributed by atoms with van der Waals surface area (Å²) in [6, 6.07) is 26.4. The van der Waals surface area contributed by atoms with E-state index in [2.05, 4.69) is 32.0 Å². The Kier molecular flexibility index (Phi) is 3.86. The maximum atomic E-state index is 4.82. The molecule has 4 aromatic rings. The Morgan fingerprint density at radius 3 is 1.96 bits per heavy atom. The minimum Gasteiger partial charge on any atom is -0.0622 e. The molecule has 0 bridgehead atoms. The summed E-state index contributed by atoms with van der Waals surface area (Å²) in [6.07, 6.45) is 0. The molecule has 0 atom stereocenters. The summed E-state index contributed by atoms with van der Waals surface area (Å²) in [5, 5.41) is 9.60. The van der Waals surface area contributed by atoms with E-state index in [1.807, 2.05) is 70.3 Å². The van der Waals surface area contributed by atoms with Gasteiger partial charge in [-0.15, -0.1) is 0 Å². The minimum absolute atomic E-state index is 0.701. The van der Waals surface area contributed by atoms with Gasteiger partial charge in [-0.05, 0) is 48.0 Å². The second-order valence-corrected chi connectivity index (χ2v) is 6.04. The molecule has 0 spiro atoms. The van der Waals surface area contributed by atoms with Crippen molar-refractivity contribution in [3.8, 4) is 22.8 Å². The maximum absolute atomic E-state index is 4.82. The van der Waals surface area contributed by atoms with Crippen molar-refractivity contribution in [2.24, 2.45) is 0 Å². The summed E-state index contributed by atoms with van der Waals surface area (Å²) in [6.45, 7) is 4.20. The van der Waals surface area contributed by atoms with E-state index in [1.54, 1.807) is 0 Å². The highest BCUT2D eigenvalue weighted by Gasteiger charge is 2.25. The quantitative estimate of drug-likeness (QED) is 0.536. The van der Waals surface area contributed by atoms with Crippen LogP contribution < -0.4 is 4.80 Å². The highest BCUT2D eigenvalue weighted by Crippen LogP contribution is 2.17. The van der Waals surface area contributed by atoms with Crippen LogP contribution in [0.2, 0.25) is 0 Å². The summed E-state index contributed by atoms with van der Waals surface area (Å²) >= 11 is 0. The van der Waals surface area contributed by atoms with Crippen molar-refractivity contribution in [1.82, 2.24) is 15.0 Å². The van der Waals surface area contributed by atoms with E-state index in [0.717, 1.165) is 28.1 Å². The molecule has 25 heavy (non-hydrogen) atoms. The van der Waals surface area contributed by atoms with Crippen LogP contribution in [0.4, 0.5) is 0 Å². The van der Waals surface area contributed by atoms with Crippen LogP contribution in [-0.4, -0.2) is 15.0 Å². The van der Waals surface area contributed by atoms with Crippen LogP contribution in [0.25, 0.3) is 22.8 Å². The van der Waals surface area contributed by atoms with Crippen molar-refractivity contribution in [1.29, 1.82) is 0 Å². The first kappa shape index (κ1) is 15.3. The van der Waals surface area contributed by atoms with E-state index in [9.17, 15) is 0 Å². The third kappa shape index (κ3) is 2.83. The second kappa shape index (κ2) is 6.32. The molecule has 0 aliphatic heterocycles. The van der Waals surface area contributed by atoms with E-state index in [0.29, 0.717) is 5.82 Å². The van der Waals surface area contributed by atoms with Gasteiger partial charge in [0.1, 0.15) is 5.69 Å². The van der Waals surface area contributed by atoms with Gasteiger partial charge in [-0.2, -0.15) is 0 Å². The van der Waals surface area contributed by atoms with Crippen molar-refractivity contribution < 1.29 is 4.80 Å². The van der Waals surface area contributed by atoms with E-state index < -0.39 is 0 Å². The average Bonchev–Trinajstić information content (AvgIpc) is 3.08. The Balaban J connectivity index is 1.98. The van der Waals surface area contributed by atoms with Crippen LogP contribution in [0.3, 0.4) is 0 Å². The molecular formula is C21H19N4+. The number of hydrogen-bond acceptors (Lipinski definition) is 2. The Morgan fingerprint density at radius 2 is 1.32 bits per heavy atom. The zero-order valence-corrected chi connectivity index (χ0v) is 14.3. The molecule has 1 aromatic heterocycles. The molecule has 4 nitrogen and oxygen atoms in total. The molecule has 4 rings (SSSR count). The lowest BCUT2D eigenvalue weighted by Gasteiger charge is -2.05. The van der Waals surface area contributed by atoms with Gasteiger partial charge in [0.15, 0.2) is 5.69 Å². The predicted octanol–water partition coefficient (Wildman–Crippen LogP) is 3.83. The zero-order chi connectivity index (χ0) is 17.2. The molecule has 0 N–H and O–H groups in total. The first-order valence-electron chi connectivity index (χ1n) is 8.31. The smallest absolute Gasteiger partial charge is 0.0622 e. The van der Waals surface area contributed by atoms with Gasteiger partial charge in [-0.1, -0.05) is 54.6 Å². The lowest BCUT2D eigenvalue weighted by Crippen LogP contribution is -2.44. The van der Waals surface area contributed by atoms with Crippen LogP contribution >= 0.6 is 0 Å². The molecule has 3 aromatic carbocycles. The largest absolute Gasteiger partial charge is 0.340 e. The fourth-order valence-corrected chi connectivity index (χ4v) is 2.98. The molecule has 0 saturated heterocycles. The van der Waals surface area contributed by atoms with Gasteiger partial charge in [0.05, 0.1) is 10.7 Å². The number of nitrogens with zero attached hydrogens (tertiary/aromatic N) is 4. The van der Waals surface area contributed by atoms with E-state index in [4.69, 9.17) is 10.2 Å². The molecular weight excluding hydrogens is 308 g/mol. The maximum Gasteiger partial charge on any atom is 0.340 e. The van der Waals surface area contributed by atoms with Crippen LogP contribution in [-0.2, 0) is 0 Å². The third-order valence-electron chi connectivity index (χ3n) is 4.22. The number of benzene rings is 3. The molecule has 4 heteroatoms. The lowest BCUT2D eigenvalue weighted by atomic mass is 10.1.